The molecule has 0 aliphatic heterocycles. The van der Waals surface area contributed by atoms with Gasteiger partial charge in [0.15, 0.2) is 3.92 Å². The monoisotopic (exact) mass is 331 g/mol. The van der Waals surface area contributed by atoms with E-state index in [1.54, 1.807) is 0 Å². The molecule has 0 bridgehead atoms. The zero-order valence-electron chi connectivity index (χ0n) is 9.39. The molecule has 1 aromatic carbocycles. The van der Waals surface area contributed by atoms with Gasteiger partial charge in [0, 0.05) is 12.1 Å². The summed E-state index contributed by atoms with van der Waals surface area (Å²) in [7, 11) is 2.01. The van der Waals surface area contributed by atoms with Crippen molar-refractivity contribution in [3.8, 4) is 0 Å². The van der Waals surface area contributed by atoms with E-state index in [-0.39, 0.29) is 6.04 Å². The quantitative estimate of drug-likeness (QED) is 0.845. The van der Waals surface area contributed by atoms with E-state index in [4.69, 9.17) is 11.6 Å². The van der Waals surface area contributed by atoms with E-state index < -0.39 is 0 Å². The molecule has 0 aliphatic rings. The number of halogens is 2. The summed E-state index contributed by atoms with van der Waals surface area (Å²) in [6.07, 6.45) is 0. The number of anilines is 1. The summed E-state index contributed by atoms with van der Waals surface area (Å²) in [5.74, 6) is 0. The van der Waals surface area contributed by atoms with Crippen molar-refractivity contribution in [2.24, 2.45) is 0 Å². The van der Waals surface area contributed by atoms with Gasteiger partial charge in [0.1, 0.15) is 0 Å². The lowest BCUT2D eigenvalue weighted by Crippen LogP contribution is -2.21. The molecular formula is C11H11BrClN3S. The summed E-state index contributed by atoms with van der Waals surface area (Å²) in [4.78, 5) is 2.09. The second-order valence-corrected chi connectivity index (χ2v) is 6.34. The fourth-order valence-electron chi connectivity index (χ4n) is 1.47. The topological polar surface area (TPSA) is 29.0 Å². The van der Waals surface area contributed by atoms with E-state index in [0.29, 0.717) is 0 Å². The zero-order valence-corrected chi connectivity index (χ0v) is 12.6. The van der Waals surface area contributed by atoms with Gasteiger partial charge in [-0.05, 0) is 40.5 Å². The molecule has 0 N–H and O–H groups in total. The maximum Gasteiger partial charge on any atom is 0.209 e. The Kier molecular flexibility index (Phi) is 4.01. The predicted molar refractivity (Wildman–Crippen MR) is 75.9 cm³/mol. The standard InChI is InChI=1S/C11H11BrClN3S/c1-7(8-3-5-9(13)6-4-8)16(2)11-15-14-10(12)17-11/h3-7H,1-2H3. The van der Waals surface area contributed by atoms with Gasteiger partial charge in [0.2, 0.25) is 5.13 Å². The predicted octanol–water partition coefficient (Wildman–Crippen LogP) is 4.15. The van der Waals surface area contributed by atoms with Gasteiger partial charge in [-0.25, -0.2) is 0 Å². The Balaban J connectivity index is 2.19. The van der Waals surface area contributed by atoms with Gasteiger partial charge in [-0.2, -0.15) is 0 Å². The normalized spacial score (nSPS) is 12.5. The summed E-state index contributed by atoms with van der Waals surface area (Å²) in [5.41, 5.74) is 1.20. The highest BCUT2D eigenvalue weighted by Crippen LogP contribution is 2.30. The smallest absolute Gasteiger partial charge is 0.209 e. The second kappa shape index (κ2) is 5.33. The van der Waals surface area contributed by atoms with Crippen LogP contribution >= 0.6 is 38.9 Å². The maximum atomic E-state index is 5.88. The molecule has 0 saturated carbocycles. The van der Waals surface area contributed by atoms with Crippen LogP contribution in [0.25, 0.3) is 0 Å². The molecule has 1 aromatic heterocycles. The van der Waals surface area contributed by atoms with E-state index >= 15 is 0 Å². The van der Waals surface area contributed by atoms with Crippen molar-refractivity contribution < 1.29 is 0 Å². The van der Waals surface area contributed by atoms with Crippen LogP contribution in [0.3, 0.4) is 0 Å². The third kappa shape index (κ3) is 2.97. The Bertz CT molecular complexity index is 500. The largest absolute Gasteiger partial charge is 0.343 e. The van der Waals surface area contributed by atoms with E-state index in [0.717, 1.165) is 14.1 Å². The molecule has 1 heterocycles. The first-order chi connectivity index (χ1) is 8.08. The van der Waals surface area contributed by atoms with Crippen molar-refractivity contribution >= 4 is 44.0 Å². The summed E-state index contributed by atoms with van der Waals surface area (Å²) < 4.78 is 0.794. The molecule has 3 nitrogen and oxygen atoms in total. The van der Waals surface area contributed by atoms with Gasteiger partial charge in [-0.15, -0.1) is 10.2 Å². The van der Waals surface area contributed by atoms with Gasteiger partial charge in [-0.3, -0.25) is 0 Å². The minimum absolute atomic E-state index is 0.229. The number of hydrogen-bond acceptors (Lipinski definition) is 4. The van der Waals surface area contributed by atoms with Crippen LogP contribution in [0.5, 0.6) is 0 Å². The lowest BCUT2D eigenvalue weighted by Gasteiger charge is -2.24. The molecule has 2 aromatic rings. The van der Waals surface area contributed by atoms with E-state index in [9.17, 15) is 0 Å². The summed E-state index contributed by atoms with van der Waals surface area (Å²) in [6, 6.07) is 8.08. The molecule has 90 valence electrons. The number of aromatic nitrogens is 2. The average Bonchev–Trinajstić information content (AvgIpc) is 2.75. The highest BCUT2D eigenvalue weighted by molar-refractivity contribution is 9.11. The number of nitrogens with zero attached hydrogens (tertiary/aromatic N) is 3. The maximum absolute atomic E-state index is 5.88. The molecule has 0 spiro atoms. The first-order valence-electron chi connectivity index (χ1n) is 5.05. The van der Waals surface area contributed by atoms with E-state index in [2.05, 4.69) is 38.0 Å². The number of hydrogen-bond donors (Lipinski definition) is 0. The molecule has 0 saturated heterocycles. The van der Waals surface area contributed by atoms with Crippen molar-refractivity contribution in [3.63, 3.8) is 0 Å². The Morgan fingerprint density at radius 1 is 1.29 bits per heavy atom. The molecule has 1 unspecified atom stereocenters. The average molecular weight is 333 g/mol. The highest BCUT2D eigenvalue weighted by Gasteiger charge is 2.15. The number of benzene rings is 1. The lowest BCUT2D eigenvalue weighted by atomic mass is 10.1. The fourth-order valence-corrected chi connectivity index (χ4v) is 2.73. The van der Waals surface area contributed by atoms with Crippen LogP contribution < -0.4 is 4.90 Å². The van der Waals surface area contributed by atoms with Gasteiger partial charge < -0.3 is 4.90 Å². The molecule has 0 amide bonds. The molecule has 6 heteroatoms. The van der Waals surface area contributed by atoms with Crippen molar-refractivity contribution in [2.45, 2.75) is 13.0 Å². The van der Waals surface area contributed by atoms with Gasteiger partial charge in [0.25, 0.3) is 0 Å². The SMILES string of the molecule is CC(c1ccc(Cl)cc1)N(C)c1nnc(Br)s1. The molecule has 17 heavy (non-hydrogen) atoms. The van der Waals surface area contributed by atoms with Crippen LogP contribution in [0.4, 0.5) is 5.13 Å². The number of rotatable bonds is 3. The van der Waals surface area contributed by atoms with Crippen LogP contribution in [-0.2, 0) is 0 Å². The van der Waals surface area contributed by atoms with Crippen LogP contribution in [0.15, 0.2) is 28.2 Å². The van der Waals surface area contributed by atoms with E-state index in [1.807, 2.05) is 31.3 Å². The minimum atomic E-state index is 0.229. The molecule has 0 radical (unpaired) electrons. The minimum Gasteiger partial charge on any atom is -0.343 e. The first kappa shape index (κ1) is 12.8. The Morgan fingerprint density at radius 3 is 2.47 bits per heavy atom. The van der Waals surface area contributed by atoms with Crippen LogP contribution in [0, 0.1) is 0 Å². The highest BCUT2D eigenvalue weighted by atomic mass is 79.9. The van der Waals surface area contributed by atoms with E-state index in [1.165, 1.54) is 16.9 Å². The van der Waals surface area contributed by atoms with Crippen LogP contribution in [0.2, 0.25) is 5.02 Å². The van der Waals surface area contributed by atoms with Crippen molar-refractivity contribution in [1.29, 1.82) is 0 Å². The summed E-state index contributed by atoms with van der Waals surface area (Å²) >= 11 is 10.7. The van der Waals surface area contributed by atoms with Crippen molar-refractivity contribution in [3.05, 3.63) is 38.8 Å². The van der Waals surface area contributed by atoms with Gasteiger partial charge >= 0.3 is 0 Å². The third-order valence-corrected chi connectivity index (χ3v) is 4.32. The fraction of sp³-hybridized carbons (Fsp3) is 0.273. The molecular weight excluding hydrogens is 322 g/mol. The Hall–Kier alpha value is -0.650. The first-order valence-corrected chi connectivity index (χ1v) is 7.04. The zero-order chi connectivity index (χ0) is 12.4. The summed E-state index contributed by atoms with van der Waals surface area (Å²) in [5, 5.41) is 9.69. The lowest BCUT2D eigenvalue weighted by molar-refractivity contribution is 0.731. The molecule has 2 rings (SSSR count). The van der Waals surface area contributed by atoms with Crippen molar-refractivity contribution in [1.82, 2.24) is 10.2 Å². The molecule has 0 aliphatic carbocycles. The third-order valence-electron chi connectivity index (χ3n) is 2.62. The van der Waals surface area contributed by atoms with Crippen molar-refractivity contribution in [2.75, 3.05) is 11.9 Å². The molecule has 0 fully saturated rings. The van der Waals surface area contributed by atoms with Crippen LogP contribution in [0.1, 0.15) is 18.5 Å². The second-order valence-electron chi connectivity index (χ2n) is 3.68. The van der Waals surface area contributed by atoms with Gasteiger partial charge in [0.05, 0.1) is 6.04 Å². The van der Waals surface area contributed by atoms with Gasteiger partial charge in [-0.1, -0.05) is 35.1 Å². The van der Waals surface area contributed by atoms with Crippen LogP contribution in [-0.4, -0.2) is 17.2 Å². The Morgan fingerprint density at radius 2 is 1.94 bits per heavy atom. The summed E-state index contributed by atoms with van der Waals surface area (Å²) in [6.45, 7) is 2.12. The Labute approximate surface area is 118 Å². The molecule has 1 atom stereocenters.